The smallest absolute Gasteiger partial charge is 0.318 e. The van der Waals surface area contributed by atoms with Gasteiger partial charge in [0.05, 0.1) is 17.8 Å². The molecule has 0 bridgehead atoms. The first kappa shape index (κ1) is 15.6. The maximum absolute atomic E-state index is 12.7. The first-order chi connectivity index (χ1) is 11.1. The van der Waals surface area contributed by atoms with Crippen LogP contribution in [0.4, 0.5) is 4.79 Å². The number of urea groups is 1. The molecule has 2 amide bonds. The Morgan fingerprint density at radius 3 is 2.87 bits per heavy atom. The second-order valence-corrected chi connectivity index (χ2v) is 6.25. The van der Waals surface area contributed by atoms with E-state index in [9.17, 15) is 4.79 Å². The summed E-state index contributed by atoms with van der Waals surface area (Å²) in [6.45, 7) is 6.72. The van der Waals surface area contributed by atoms with Crippen LogP contribution in [0.5, 0.6) is 0 Å². The fourth-order valence-electron chi connectivity index (χ4n) is 3.26. The van der Waals surface area contributed by atoms with E-state index < -0.39 is 0 Å². The second kappa shape index (κ2) is 6.44. The summed E-state index contributed by atoms with van der Waals surface area (Å²) in [4.78, 5) is 14.5. The third-order valence-electron chi connectivity index (χ3n) is 4.48. The summed E-state index contributed by atoms with van der Waals surface area (Å²) in [5.41, 5.74) is 3.18. The summed E-state index contributed by atoms with van der Waals surface area (Å²) in [6, 6.07) is 9.96. The van der Waals surface area contributed by atoms with Crippen LogP contribution >= 0.6 is 0 Å². The number of hydrogen-bond donors (Lipinski definition) is 1. The lowest BCUT2D eigenvalue weighted by atomic mass is 10.0. The summed E-state index contributed by atoms with van der Waals surface area (Å²) in [7, 11) is 0. The van der Waals surface area contributed by atoms with Crippen LogP contribution in [0.3, 0.4) is 0 Å². The molecule has 2 heterocycles. The largest absolute Gasteiger partial charge is 0.359 e. The molecule has 1 aliphatic heterocycles. The molecule has 5 nitrogen and oxygen atoms in total. The highest BCUT2D eigenvalue weighted by atomic mass is 16.5. The number of aromatic nitrogens is 1. The average Bonchev–Trinajstić information content (AvgIpc) is 3.15. The number of carbonyl (C=O) groups excluding carboxylic acids is 1. The number of carbonyl (C=O) groups is 1. The predicted octanol–water partition coefficient (Wildman–Crippen LogP) is 3.90. The molecule has 3 rings (SSSR count). The van der Waals surface area contributed by atoms with Gasteiger partial charge < -0.3 is 14.7 Å². The van der Waals surface area contributed by atoms with Crippen molar-refractivity contribution in [3.8, 4) is 0 Å². The van der Waals surface area contributed by atoms with Crippen molar-refractivity contribution in [1.29, 1.82) is 0 Å². The van der Waals surface area contributed by atoms with Crippen molar-refractivity contribution in [2.45, 2.75) is 45.7 Å². The van der Waals surface area contributed by atoms with E-state index in [1.807, 2.05) is 36.9 Å². The molecule has 5 heteroatoms. The molecule has 0 aliphatic carbocycles. The normalized spacial score (nSPS) is 18.9. The first-order valence-electron chi connectivity index (χ1n) is 8.12. The molecule has 2 atom stereocenters. The third kappa shape index (κ3) is 3.23. The molecule has 1 saturated heterocycles. The van der Waals surface area contributed by atoms with Crippen LogP contribution in [0.15, 0.2) is 34.9 Å². The van der Waals surface area contributed by atoms with E-state index in [0.717, 1.165) is 36.4 Å². The Bertz CT molecular complexity index is 695. The van der Waals surface area contributed by atoms with Crippen molar-refractivity contribution in [1.82, 2.24) is 15.4 Å². The molecular weight excluding hydrogens is 290 g/mol. The maximum atomic E-state index is 12.7. The summed E-state index contributed by atoms with van der Waals surface area (Å²) in [5, 5.41) is 7.05. The predicted molar refractivity (Wildman–Crippen MR) is 88.0 cm³/mol. The lowest BCUT2D eigenvalue weighted by molar-refractivity contribution is 0.179. The van der Waals surface area contributed by atoms with Gasteiger partial charge in [-0.15, -0.1) is 0 Å². The Morgan fingerprint density at radius 1 is 1.39 bits per heavy atom. The molecule has 0 unspecified atom stereocenters. The topological polar surface area (TPSA) is 58.4 Å². The van der Waals surface area contributed by atoms with Crippen molar-refractivity contribution in [3.05, 3.63) is 52.9 Å². The fourth-order valence-corrected chi connectivity index (χ4v) is 3.26. The van der Waals surface area contributed by atoms with Crippen molar-refractivity contribution < 1.29 is 9.32 Å². The Labute approximate surface area is 136 Å². The van der Waals surface area contributed by atoms with Crippen LogP contribution in [0.1, 0.15) is 54.4 Å². The number of aryl methyl sites for hydroxylation is 2. The van der Waals surface area contributed by atoms with Crippen LogP contribution in [-0.2, 0) is 0 Å². The zero-order valence-electron chi connectivity index (χ0n) is 13.9. The van der Waals surface area contributed by atoms with Gasteiger partial charge in [-0.05, 0) is 44.7 Å². The van der Waals surface area contributed by atoms with Gasteiger partial charge in [-0.2, -0.15) is 0 Å². The van der Waals surface area contributed by atoms with Gasteiger partial charge >= 0.3 is 6.03 Å². The third-order valence-corrected chi connectivity index (χ3v) is 4.48. The van der Waals surface area contributed by atoms with Gasteiger partial charge in [-0.3, -0.25) is 0 Å². The summed E-state index contributed by atoms with van der Waals surface area (Å²) < 4.78 is 5.37. The highest BCUT2D eigenvalue weighted by molar-refractivity contribution is 5.75. The minimum Gasteiger partial charge on any atom is -0.359 e. The lowest BCUT2D eigenvalue weighted by Crippen LogP contribution is -2.40. The van der Waals surface area contributed by atoms with Crippen molar-refractivity contribution in [2.24, 2.45) is 0 Å². The number of hydrogen-bond acceptors (Lipinski definition) is 3. The minimum absolute atomic E-state index is 0.0136. The highest BCUT2D eigenvalue weighted by Crippen LogP contribution is 2.32. The van der Waals surface area contributed by atoms with Crippen molar-refractivity contribution in [3.63, 3.8) is 0 Å². The monoisotopic (exact) mass is 313 g/mol. The van der Waals surface area contributed by atoms with Crippen molar-refractivity contribution in [2.75, 3.05) is 6.54 Å². The van der Waals surface area contributed by atoms with E-state index in [-0.39, 0.29) is 18.1 Å². The molecular formula is C18H23N3O2. The molecule has 1 N–H and O–H groups in total. The maximum Gasteiger partial charge on any atom is 0.318 e. The molecule has 1 aliphatic rings. The van der Waals surface area contributed by atoms with Crippen LogP contribution in [0.2, 0.25) is 0 Å². The Kier molecular flexibility index (Phi) is 4.37. The summed E-state index contributed by atoms with van der Waals surface area (Å²) in [6.07, 6.45) is 1.90. The highest BCUT2D eigenvalue weighted by Gasteiger charge is 2.33. The number of nitrogens with one attached hydrogen (secondary N) is 1. The van der Waals surface area contributed by atoms with Crippen LogP contribution < -0.4 is 5.32 Å². The SMILES string of the molecule is Cc1cc([C@@H]2CCCN2C(=O)N[C@H](C)c2ccccc2C)on1. The van der Waals surface area contributed by atoms with Gasteiger partial charge in [0, 0.05) is 12.6 Å². The van der Waals surface area contributed by atoms with Gasteiger partial charge in [-0.25, -0.2) is 4.79 Å². The van der Waals surface area contributed by atoms with E-state index >= 15 is 0 Å². The van der Waals surface area contributed by atoms with Gasteiger partial charge in [0.15, 0.2) is 5.76 Å². The quantitative estimate of drug-likeness (QED) is 0.935. The minimum atomic E-state index is -0.0442. The lowest BCUT2D eigenvalue weighted by Gasteiger charge is -2.26. The van der Waals surface area contributed by atoms with Gasteiger partial charge in [0.2, 0.25) is 0 Å². The molecule has 0 spiro atoms. The van der Waals surface area contributed by atoms with Crippen molar-refractivity contribution >= 4 is 6.03 Å². The molecule has 0 saturated carbocycles. The van der Waals surface area contributed by atoms with E-state index in [0.29, 0.717) is 0 Å². The zero-order valence-corrected chi connectivity index (χ0v) is 13.9. The molecule has 0 radical (unpaired) electrons. The standard InChI is InChI=1S/C18H23N3O2/c1-12-7-4-5-8-15(12)14(3)19-18(22)21-10-6-9-16(21)17-11-13(2)20-23-17/h4-5,7-8,11,14,16H,6,9-10H2,1-3H3,(H,19,22)/t14-,16+/m1/s1. The molecule has 122 valence electrons. The van der Waals surface area contributed by atoms with Crippen LogP contribution in [0.25, 0.3) is 0 Å². The number of likely N-dealkylation sites (tertiary alicyclic amines) is 1. The molecule has 23 heavy (non-hydrogen) atoms. The Hall–Kier alpha value is -2.30. The molecule has 1 fully saturated rings. The zero-order chi connectivity index (χ0) is 16.4. The van der Waals surface area contributed by atoms with Gasteiger partial charge in [-0.1, -0.05) is 29.4 Å². The summed E-state index contributed by atoms with van der Waals surface area (Å²) >= 11 is 0. The summed E-state index contributed by atoms with van der Waals surface area (Å²) in [5.74, 6) is 0.777. The van der Waals surface area contributed by atoms with E-state index in [4.69, 9.17) is 4.52 Å². The molecule has 1 aromatic heterocycles. The Morgan fingerprint density at radius 2 is 2.17 bits per heavy atom. The van der Waals surface area contributed by atoms with E-state index in [1.54, 1.807) is 0 Å². The number of benzene rings is 1. The number of amides is 2. The average molecular weight is 313 g/mol. The number of rotatable bonds is 3. The van der Waals surface area contributed by atoms with Gasteiger partial charge in [0.1, 0.15) is 0 Å². The first-order valence-corrected chi connectivity index (χ1v) is 8.12. The number of nitrogens with zero attached hydrogens (tertiary/aromatic N) is 2. The van der Waals surface area contributed by atoms with E-state index in [2.05, 4.69) is 29.5 Å². The molecule has 1 aromatic carbocycles. The second-order valence-electron chi connectivity index (χ2n) is 6.25. The van der Waals surface area contributed by atoms with E-state index in [1.165, 1.54) is 5.56 Å². The van der Waals surface area contributed by atoms with Gasteiger partial charge in [0.25, 0.3) is 0 Å². The van der Waals surface area contributed by atoms with Crippen LogP contribution in [0, 0.1) is 13.8 Å². The van der Waals surface area contributed by atoms with Crippen LogP contribution in [-0.4, -0.2) is 22.6 Å². The fraction of sp³-hybridized carbons (Fsp3) is 0.444. The Balaban J connectivity index is 1.71. The molecule has 2 aromatic rings.